The first-order valence-corrected chi connectivity index (χ1v) is 9.23. The molecule has 1 saturated heterocycles. The van der Waals surface area contributed by atoms with Gasteiger partial charge in [-0.2, -0.15) is 0 Å². The fourth-order valence-electron chi connectivity index (χ4n) is 3.62. The quantitative estimate of drug-likeness (QED) is 0.688. The molecule has 27 heavy (non-hydrogen) atoms. The van der Waals surface area contributed by atoms with Crippen LogP contribution in [0.2, 0.25) is 0 Å². The molecule has 0 saturated carbocycles. The largest absolute Gasteiger partial charge is 0.351 e. The average Bonchev–Trinajstić information content (AvgIpc) is 3.18. The third-order valence-corrected chi connectivity index (χ3v) is 5.05. The van der Waals surface area contributed by atoms with Crippen LogP contribution in [0.3, 0.4) is 0 Å². The van der Waals surface area contributed by atoms with Crippen molar-refractivity contribution in [2.75, 3.05) is 13.1 Å². The highest BCUT2D eigenvalue weighted by Crippen LogP contribution is 2.27. The van der Waals surface area contributed by atoms with Crippen molar-refractivity contribution in [2.45, 2.75) is 25.2 Å². The van der Waals surface area contributed by atoms with Gasteiger partial charge < -0.3 is 9.42 Å². The van der Waals surface area contributed by atoms with Crippen LogP contribution in [0.1, 0.15) is 46.1 Å². The third-order valence-electron chi connectivity index (χ3n) is 5.05. The molecule has 138 valence electrons. The Morgan fingerprint density at radius 2 is 1.93 bits per heavy atom. The monoisotopic (exact) mass is 364 g/mol. The molecule has 1 aromatic heterocycles. The van der Waals surface area contributed by atoms with Crippen LogP contribution in [0.25, 0.3) is 0 Å². The lowest BCUT2D eigenvalue weighted by Gasteiger charge is -2.32. The Kier molecular flexibility index (Phi) is 5.01. The number of amides is 1. The zero-order valence-corrected chi connectivity index (χ0v) is 15.0. The zero-order valence-electron chi connectivity index (χ0n) is 15.0. The number of carbonyl (C=O) groups excluding carboxylic acids is 1. The fraction of sp³-hybridized carbons (Fsp3) is 0.273. The lowest BCUT2D eigenvalue weighted by atomic mass is 9.90. The second-order valence-corrected chi connectivity index (χ2v) is 6.99. The summed E-state index contributed by atoms with van der Waals surface area (Å²) in [6, 6.07) is 18.3. The van der Waals surface area contributed by atoms with Crippen molar-refractivity contribution in [3.63, 3.8) is 0 Å². The predicted molar refractivity (Wildman–Crippen MR) is 100 cm³/mol. The molecule has 1 amide bonds. The van der Waals surface area contributed by atoms with E-state index >= 15 is 0 Å². The molecule has 2 heterocycles. The van der Waals surface area contributed by atoms with Gasteiger partial charge in [0.05, 0.1) is 5.69 Å². The van der Waals surface area contributed by atoms with Crippen LogP contribution < -0.4 is 0 Å². The topological polar surface area (TPSA) is 46.3 Å². The second kappa shape index (κ2) is 7.74. The summed E-state index contributed by atoms with van der Waals surface area (Å²) >= 11 is 0. The summed E-state index contributed by atoms with van der Waals surface area (Å²) in [5, 5.41) is 4.01. The summed E-state index contributed by atoms with van der Waals surface area (Å²) in [5.41, 5.74) is 2.86. The van der Waals surface area contributed by atoms with Crippen molar-refractivity contribution in [1.29, 1.82) is 0 Å². The van der Waals surface area contributed by atoms with Crippen LogP contribution in [0.5, 0.6) is 0 Å². The number of piperidine rings is 1. The maximum Gasteiger partial charge on any atom is 0.292 e. The highest BCUT2D eigenvalue weighted by molar-refractivity contribution is 5.91. The molecule has 1 fully saturated rings. The summed E-state index contributed by atoms with van der Waals surface area (Å²) in [5.74, 6) is 0.229. The standard InChI is InChI=1S/C22H21FN2O2/c23-19-10-8-16(9-11-19)13-20-14-21(27-24-20)22(26)25-12-4-7-18(15-25)17-5-2-1-3-6-17/h1-3,5-6,8-11,14,18H,4,7,12-13,15H2/t18-/m1/s1. The van der Waals surface area contributed by atoms with Crippen LogP contribution >= 0.6 is 0 Å². The lowest BCUT2D eigenvalue weighted by Crippen LogP contribution is -2.38. The molecule has 0 bridgehead atoms. The van der Waals surface area contributed by atoms with Gasteiger partial charge in [0.2, 0.25) is 5.76 Å². The minimum Gasteiger partial charge on any atom is -0.351 e. The first-order chi connectivity index (χ1) is 13.2. The van der Waals surface area contributed by atoms with E-state index in [0.29, 0.717) is 24.6 Å². The van der Waals surface area contributed by atoms with Crippen LogP contribution in [-0.2, 0) is 6.42 Å². The maximum atomic E-state index is 13.0. The van der Waals surface area contributed by atoms with Gasteiger partial charge in [0, 0.05) is 31.5 Å². The Bertz CT molecular complexity index is 906. The minimum absolute atomic E-state index is 0.117. The van der Waals surface area contributed by atoms with Gasteiger partial charge in [0.15, 0.2) is 0 Å². The van der Waals surface area contributed by atoms with Gasteiger partial charge in [-0.1, -0.05) is 47.6 Å². The Morgan fingerprint density at radius 1 is 1.15 bits per heavy atom. The van der Waals surface area contributed by atoms with Crippen LogP contribution in [0.15, 0.2) is 65.2 Å². The number of carbonyl (C=O) groups is 1. The highest BCUT2D eigenvalue weighted by Gasteiger charge is 2.27. The normalized spacial score (nSPS) is 17.1. The molecule has 2 aromatic carbocycles. The third kappa shape index (κ3) is 4.08. The van der Waals surface area contributed by atoms with Crippen molar-refractivity contribution in [2.24, 2.45) is 0 Å². The van der Waals surface area contributed by atoms with E-state index in [-0.39, 0.29) is 17.5 Å². The maximum absolute atomic E-state index is 13.0. The van der Waals surface area contributed by atoms with Gasteiger partial charge in [-0.15, -0.1) is 0 Å². The number of hydrogen-bond acceptors (Lipinski definition) is 3. The van der Waals surface area contributed by atoms with E-state index < -0.39 is 0 Å². The van der Waals surface area contributed by atoms with Gasteiger partial charge in [-0.05, 0) is 36.1 Å². The molecule has 0 N–H and O–H groups in total. The second-order valence-electron chi connectivity index (χ2n) is 6.99. The van der Waals surface area contributed by atoms with Gasteiger partial charge in [0.25, 0.3) is 5.91 Å². The van der Waals surface area contributed by atoms with E-state index in [1.165, 1.54) is 17.7 Å². The molecule has 0 unspecified atom stereocenters. The first kappa shape index (κ1) is 17.5. The average molecular weight is 364 g/mol. The Balaban J connectivity index is 1.43. The van der Waals surface area contributed by atoms with Gasteiger partial charge in [-0.3, -0.25) is 4.79 Å². The molecule has 1 aliphatic rings. The summed E-state index contributed by atoms with van der Waals surface area (Å²) in [7, 11) is 0. The Labute approximate surface area is 157 Å². The number of halogens is 1. The van der Waals surface area contributed by atoms with Crippen molar-refractivity contribution in [3.8, 4) is 0 Å². The van der Waals surface area contributed by atoms with E-state index in [1.807, 2.05) is 23.1 Å². The summed E-state index contributed by atoms with van der Waals surface area (Å²) < 4.78 is 18.3. The summed E-state index contributed by atoms with van der Waals surface area (Å²) in [6.45, 7) is 1.42. The summed E-state index contributed by atoms with van der Waals surface area (Å²) in [4.78, 5) is 14.7. The van der Waals surface area contributed by atoms with Crippen LogP contribution in [0, 0.1) is 5.82 Å². The van der Waals surface area contributed by atoms with Crippen molar-refractivity contribution in [1.82, 2.24) is 10.1 Å². The smallest absolute Gasteiger partial charge is 0.292 e. The lowest BCUT2D eigenvalue weighted by molar-refractivity contribution is 0.0665. The van der Waals surface area contributed by atoms with E-state index in [9.17, 15) is 9.18 Å². The molecule has 0 aliphatic carbocycles. The van der Waals surface area contributed by atoms with Gasteiger partial charge >= 0.3 is 0 Å². The van der Waals surface area contributed by atoms with Crippen molar-refractivity contribution < 1.29 is 13.7 Å². The van der Waals surface area contributed by atoms with E-state index in [4.69, 9.17) is 4.52 Å². The number of hydrogen-bond donors (Lipinski definition) is 0. The minimum atomic E-state index is -0.271. The fourth-order valence-corrected chi connectivity index (χ4v) is 3.62. The number of nitrogens with zero attached hydrogens (tertiary/aromatic N) is 2. The predicted octanol–water partition coefficient (Wildman–Crippen LogP) is 4.42. The molecule has 1 atom stereocenters. The number of rotatable bonds is 4. The number of benzene rings is 2. The molecule has 5 heteroatoms. The SMILES string of the molecule is O=C(c1cc(Cc2ccc(F)cc2)no1)N1CCC[C@@H](c2ccccc2)C1. The molecule has 3 aromatic rings. The van der Waals surface area contributed by atoms with E-state index in [1.54, 1.807) is 18.2 Å². The molecule has 0 radical (unpaired) electrons. The molecule has 4 rings (SSSR count). The molecular formula is C22H21FN2O2. The Morgan fingerprint density at radius 3 is 2.70 bits per heavy atom. The van der Waals surface area contributed by atoms with E-state index in [0.717, 1.165) is 24.9 Å². The van der Waals surface area contributed by atoms with Gasteiger partial charge in [-0.25, -0.2) is 4.39 Å². The first-order valence-electron chi connectivity index (χ1n) is 9.23. The molecule has 1 aliphatic heterocycles. The molecule has 4 nitrogen and oxygen atoms in total. The summed E-state index contributed by atoms with van der Waals surface area (Å²) in [6.07, 6.45) is 2.56. The highest BCUT2D eigenvalue weighted by atomic mass is 19.1. The van der Waals surface area contributed by atoms with Crippen molar-refractivity contribution >= 4 is 5.91 Å². The molecule has 0 spiro atoms. The van der Waals surface area contributed by atoms with Crippen LogP contribution in [-0.4, -0.2) is 29.1 Å². The number of likely N-dealkylation sites (tertiary alicyclic amines) is 1. The Hall–Kier alpha value is -2.95. The zero-order chi connectivity index (χ0) is 18.6. The van der Waals surface area contributed by atoms with E-state index in [2.05, 4.69) is 17.3 Å². The van der Waals surface area contributed by atoms with Crippen molar-refractivity contribution in [3.05, 3.63) is 89.1 Å². The van der Waals surface area contributed by atoms with Crippen LogP contribution in [0.4, 0.5) is 4.39 Å². The van der Waals surface area contributed by atoms with Gasteiger partial charge in [0.1, 0.15) is 5.82 Å². The molecular weight excluding hydrogens is 343 g/mol. The number of aromatic nitrogens is 1.